The van der Waals surface area contributed by atoms with Crippen LogP contribution in [0.4, 0.5) is 10.1 Å². The van der Waals surface area contributed by atoms with E-state index in [0.717, 1.165) is 18.2 Å². The standard InChI is InChI=1S/C13H14FNO4/c1-13(2,6-5-12(16)17)8-9-3-4-11(15(18)19)10(14)7-9/h3-7H,8H2,1-2H3,(H,16,17)/b6-5+. The Labute approximate surface area is 109 Å². The lowest BCUT2D eigenvalue weighted by Crippen LogP contribution is -2.12. The van der Waals surface area contributed by atoms with E-state index in [4.69, 9.17) is 5.11 Å². The van der Waals surface area contributed by atoms with Crippen molar-refractivity contribution in [2.24, 2.45) is 5.41 Å². The highest BCUT2D eigenvalue weighted by Gasteiger charge is 2.19. The van der Waals surface area contributed by atoms with Gasteiger partial charge in [-0.25, -0.2) is 4.79 Å². The summed E-state index contributed by atoms with van der Waals surface area (Å²) in [5.41, 5.74) is -0.480. The number of halogens is 1. The van der Waals surface area contributed by atoms with E-state index >= 15 is 0 Å². The average Bonchev–Trinajstić information content (AvgIpc) is 2.25. The number of carboxylic acids is 1. The van der Waals surface area contributed by atoms with Gasteiger partial charge in [-0.05, 0) is 23.5 Å². The van der Waals surface area contributed by atoms with Crippen LogP contribution in [0.1, 0.15) is 19.4 Å². The molecule has 102 valence electrons. The Kier molecular flexibility index (Phi) is 4.37. The van der Waals surface area contributed by atoms with Gasteiger partial charge in [0.25, 0.3) is 0 Å². The first-order valence-corrected chi connectivity index (χ1v) is 5.56. The number of nitrogens with zero attached hydrogens (tertiary/aromatic N) is 1. The summed E-state index contributed by atoms with van der Waals surface area (Å²) < 4.78 is 13.4. The van der Waals surface area contributed by atoms with Crippen LogP contribution in [0.25, 0.3) is 0 Å². The van der Waals surface area contributed by atoms with Crippen LogP contribution in [-0.4, -0.2) is 16.0 Å². The molecule has 1 rings (SSSR count). The number of rotatable bonds is 5. The molecule has 0 atom stereocenters. The predicted octanol–water partition coefficient (Wildman–Crippen LogP) is 2.94. The Hall–Kier alpha value is -2.24. The van der Waals surface area contributed by atoms with Gasteiger partial charge in [-0.2, -0.15) is 4.39 Å². The molecule has 0 aliphatic heterocycles. The first-order chi connectivity index (χ1) is 8.71. The van der Waals surface area contributed by atoms with E-state index in [1.54, 1.807) is 13.8 Å². The molecule has 0 radical (unpaired) electrons. The molecule has 0 aromatic heterocycles. The molecule has 5 nitrogen and oxygen atoms in total. The third kappa shape index (κ3) is 4.50. The second kappa shape index (κ2) is 5.60. The Morgan fingerprint density at radius 3 is 2.63 bits per heavy atom. The maximum Gasteiger partial charge on any atom is 0.327 e. The van der Waals surface area contributed by atoms with Crippen molar-refractivity contribution in [3.8, 4) is 0 Å². The summed E-state index contributed by atoms with van der Waals surface area (Å²) in [4.78, 5) is 20.2. The first-order valence-electron chi connectivity index (χ1n) is 5.56. The summed E-state index contributed by atoms with van der Waals surface area (Å²) in [7, 11) is 0. The predicted molar refractivity (Wildman–Crippen MR) is 67.3 cm³/mol. The molecule has 1 aromatic rings. The maximum atomic E-state index is 13.4. The number of aliphatic carboxylic acids is 1. The Morgan fingerprint density at radius 2 is 2.16 bits per heavy atom. The molecule has 1 N–H and O–H groups in total. The molecule has 6 heteroatoms. The Morgan fingerprint density at radius 1 is 1.53 bits per heavy atom. The third-order valence-corrected chi connectivity index (χ3v) is 2.55. The molecule has 19 heavy (non-hydrogen) atoms. The number of carbonyl (C=O) groups is 1. The van der Waals surface area contributed by atoms with Crippen molar-refractivity contribution in [2.75, 3.05) is 0 Å². The van der Waals surface area contributed by atoms with Crippen LogP contribution in [0, 0.1) is 21.3 Å². The van der Waals surface area contributed by atoms with Gasteiger partial charge >= 0.3 is 11.7 Å². The zero-order chi connectivity index (χ0) is 14.6. The lowest BCUT2D eigenvalue weighted by atomic mass is 9.85. The highest BCUT2D eigenvalue weighted by atomic mass is 19.1. The molecular weight excluding hydrogens is 253 g/mol. The van der Waals surface area contributed by atoms with Crippen molar-refractivity contribution in [3.05, 3.63) is 51.8 Å². The van der Waals surface area contributed by atoms with Crippen LogP contribution in [-0.2, 0) is 11.2 Å². The molecule has 1 aromatic carbocycles. The molecule has 0 unspecified atom stereocenters. The minimum atomic E-state index is -1.05. The van der Waals surface area contributed by atoms with Crippen LogP contribution in [0.2, 0.25) is 0 Å². The summed E-state index contributed by atoms with van der Waals surface area (Å²) in [5.74, 6) is -1.94. The quantitative estimate of drug-likeness (QED) is 0.505. The molecular formula is C13H14FNO4. The summed E-state index contributed by atoms with van der Waals surface area (Å²) >= 11 is 0. The number of carboxylic acid groups (broad SMARTS) is 1. The van der Waals surface area contributed by atoms with Crippen molar-refractivity contribution in [2.45, 2.75) is 20.3 Å². The van der Waals surface area contributed by atoms with Gasteiger partial charge in [0.1, 0.15) is 0 Å². The lowest BCUT2D eigenvalue weighted by molar-refractivity contribution is -0.387. The number of nitro groups is 1. The largest absolute Gasteiger partial charge is 0.478 e. The first kappa shape index (κ1) is 14.8. The number of hydrogen-bond acceptors (Lipinski definition) is 3. The zero-order valence-corrected chi connectivity index (χ0v) is 10.6. The zero-order valence-electron chi connectivity index (χ0n) is 10.6. The minimum absolute atomic E-state index is 0.381. The van der Waals surface area contributed by atoms with E-state index < -0.39 is 27.8 Å². The number of benzene rings is 1. The second-order valence-corrected chi connectivity index (χ2v) is 4.88. The third-order valence-electron chi connectivity index (χ3n) is 2.55. The number of nitro benzene ring substituents is 1. The van der Waals surface area contributed by atoms with Crippen LogP contribution in [0.3, 0.4) is 0 Å². The van der Waals surface area contributed by atoms with Crippen LogP contribution < -0.4 is 0 Å². The fraction of sp³-hybridized carbons (Fsp3) is 0.308. The Bertz CT molecular complexity index is 537. The van der Waals surface area contributed by atoms with E-state index in [2.05, 4.69) is 0 Å². The van der Waals surface area contributed by atoms with Gasteiger partial charge in [0.2, 0.25) is 5.82 Å². The van der Waals surface area contributed by atoms with Crippen molar-refractivity contribution < 1.29 is 19.2 Å². The smallest absolute Gasteiger partial charge is 0.327 e. The van der Waals surface area contributed by atoms with Crippen molar-refractivity contribution in [1.82, 2.24) is 0 Å². The van der Waals surface area contributed by atoms with Crippen molar-refractivity contribution in [3.63, 3.8) is 0 Å². The molecule has 0 fully saturated rings. The van der Waals surface area contributed by atoms with Crippen LogP contribution >= 0.6 is 0 Å². The SMILES string of the molecule is CC(C)(/C=C/C(=O)O)Cc1ccc([N+](=O)[O-])c(F)c1. The average molecular weight is 267 g/mol. The Balaban J connectivity index is 2.91. The normalized spacial score (nSPS) is 11.7. The minimum Gasteiger partial charge on any atom is -0.478 e. The van der Waals surface area contributed by atoms with E-state index in [1.165, 1.54) is 12.1 Å². The molecule has 0 aliphatic carbocycles. The number of hydrogen-bond donors (Lipinski definition) is 1. The highest BCUT2D eigenvalue weighted by Crippen LogP contribution is 2.26. The van der Waals surface area contributed by atoms with Gasteiger partial charge in [-0.1, -0.05) is 26.0 Å². The maximum absolute atomic E-state index is 13.4. The molecule has 0 aliphatic rings. The molecule has 0 saturated carbocycles. The topological polar surface area (TPSA) is 80.4 Å². The van der Waals surface area contributed by atoms with Gasteiger partial charge in [0.15, 0.2) is 0 Å². The fourth-order valence-electron chi connectivity index (χ4n) is 1.69. The van der Waals surface area contributed by atoms with Crippen molar-refractivity contribution in [1.29, 1.82) is 0 Å². The molecule has 0 spiro atoms. The fourth-order valence-corrected chi connectivity index (χ4v) is 1.69. The molecule has 0 saturated heterocycles. The highest BCUT2D eigenvalue weighted by molar-refractivity contribution is 5.79. The second-order valence-electron chi connectivity index (χ2n) is 4.88. The summed E-state index contributed by atoms with van der Waals surface area (Å²) in [6.07, 6.45) is 2.92. The summed E-state index contributed by atoms with van der Waals surface area (Å²) in [5, 5.41) is 19.0. The van der Waals surface area contributed by atoms with E-state index in [0.29, 0.717) is 12.0 Å². The summed E-state index contributed by atoms with van der Waals surface area (Å²) in [6.45, 7) is 3.59. The van der Waals surface area contributed by atoms with Gasteiger partial charge in [0.05, 0.1) is 4.92 Å². The monoisotopic (exact) mass is 267 g/mol. The summed E-state index contributed by atoms with van der Waals surface area (Å²) in [6, 6.07) is 3.69. The van der Waals surface area contributed by atoms with Crippen molar-refractivity contribution >= 4 is 11.7 Å². The molecule has 0 bridgehead atoms. The van der Waals surface area contributed by atoms with E-state index in [-0.39, 0.29) is 0 Å². The van der Waals surface area contributed by atoms with Crippen LogP contribution in [0.15, 0.2) is 30.4 Å². The van der Waals surface area contributed by atoms with Gasteiger partial charge < -0.3 is 5.11 Å². The van der Waals surface area contributed by atoms with Crippen LogP contribution in [0.5, 0.6) is 0 Å². The van der Waals surface area contributed by atoms with Gasteiger partial charge in [0, 0.05) is 12.1 Å². The molecule has 0 amide bonds. The van der Waals surface area contributed by atoms with E-state index in [9.17, 15) is 19.3 Å². The lowest BCUT2D eigenvalue weighted by Gasteiger charge is -2.19. The van der Waals surface area contributed by atoms with Gasteiger partial charge in [-0.15, -0.1) is 0 Å². The number of allylic oxidation sites excluding steroid dienone is 1. The molecule has 0 heterocycles. The van der Waals surface area contributed by atoms with Gasteiger partial charge in [-0.3, -0.25) is 10.1 Å². The van der Waals surface area contributed by atoms with E-state index in [1.807, 2.05) is 0 Å².